The third kappa shape index (κ3) is 2.72. The van der Waals surface area contributed by atoms with Crippen LogP contribution in [-0.2, 0) is 0 Å². The van der Waals surface area contributed by atoms with Crippen molar-refractivity contribution < 1.29 is 5.11 Å². The zero-order chi connectivity index (χ0) is 10.6. The van der Waals surface area contributed by atoms with Gasteiger partial charge in [0.25, 0.3) is 0 Å². The van der Waals surface area contributed by atoms with Crippen LogP contribution in [0, 0.1) is 11.3 Å². The van der Waals surface area contributed by atoms with Crippen LogP contribution in [0.25, 0.3) is 0 Å². The molecule has 1 rings (SSSR count). The van der Waals surface area contributed by atoms with Gasteiger partial charge in [0.15, 0.2) is 0 Å². The second-order valence-corrected chi connectivity index (χ2v) is 3.41. The van der Waals surface area contributed by atoms with Gasteiger partial charge >= 0.3 is 0 Å². The monoisotopic (exact) mass is 187 g/mol. The smallest absolute Gasteiger partial charge is 0.0991 e. The van der Waals surface area contributed by atoms with Crippen LogP contribution in [0.2, 0.25) is 0 Å². The molecule has 2 heteroatoms. The first kappa shape index (κ1) is 10.5. The minimum atomic E-state index is -0.514. The second-order valence-electron chi connectivity index (χ2n) is 3.41. The molecule has 0 aliphatic rings. The Balaban J connectivity index is 2.77. The van der Waals surface area contributed by atoms with Crippen molar-refractivity contribution in [3.63, 3.8) is 0 Å². The Labute approximate surface area is 84.1 Å². The molecule has 2 nitrogen and oxygen atoms in total. The molecule has 0 fully saturated rings. The number of nitriles is 1. The molecule has 1 aromatic carbocycles. The predicted octanol–water partition coefficient (Wildman–Crippen LogP) is 2.56. The van der Waals surface area contributed by atoms with E-state index in [0.717, 1.165) is 11.1 Å². The van der Waals surface area contributed by atoms with Gasteiger partial charge in [-0.05, 0) is 31.0 Å². The maximum Gasteiger partial charge on any atom is 0.0991 e. The highest BCUT2D eigenvalue weighted by atomic mass is 16.3. The fourth-order valence-electron chi connectivity index (χ4n) is 1.23. The first-order valence-electron chi connectivity index (χ1n) is 4.46. The molecule has 0 aliphatic heterocycles. The average molecular weight is 187 g/mol. The van der Waals surface area contributed by atoms with Gasteiger partial charge in [0, 0.05) is 0 Å². The average Bonchev–Trinajstić information content (AvgIpc) is 2.17. The van der Waals surface area contributed by atoms with Crippen molar-refractivity contribution >= 4 is 0 Å². The quantitative estimate of drug-likeness (QED) is 0.739. The molecule has 14 heavy (non-hydrogen) atoms. The molecule has 1 atom stereocenters. The molecule has 72 valence electrons. The summed E-state index contributed by atoms with van der Waals surface area (Å²) in [6.45, 7) is 5.62. The highest BCUT2D eigenvalue weighted by molar-refractivity contribution is 5.32. The third-order valence-corrected chi connectivity index (χ3v) is 1.97. The van der Waals surface area contributed by atoms with Gasteiger partial charge in [0.2, 0.25) is 0 Å². The van der Waals surface area contributed by atoms with Crippen molar-refractivity contribution in [2.45, 2.75) is 19.4 Å². The first-order valence-corrected chi connectivity index (χ1v) is 4.46. The standard InChI is InChI=1S/C12H13NO/c1-9(2)7-12(14)11-5-3-10(8-13)4-6-11/h3-6,12,14H,1,7H2,2H3. The van der Waals surface area contributed by atoms with Crippen molar-refractivity contribution in [3.05, 3.63) is 47.5 Å². The van der Waals surface area contributed by atoms with Gasteiger partial charge in [-0.25, -0.2) is 0 Å². The molecular weight excluding hydrogens is 174 g/mol. The summed E-state index contributed by atoms with van der Waals surface area (Å²) in [4.78, 5) is 0. The van der Waals surface area contributed by atoms with Gasteiger partial charge in [-0.3, -0.25) is 0 Å². The van der Waals surface area contributed by atoms with Crippen molar-refractivity contribution in [1.82, 2.24) is 0 Å². The van der Waals surface area contributed by atoms with E-state index in [1.54, 1.807) is 24.3 Å². The van der Waals surface area contributed by atoms with Crippen LogP contribution >= 0.6 is 0 Å². The summed E-state index contributed by atoms with van der Waals surface area (Å²) in [6.07, 6.45) is 0.0477. The zero-order valence-electron chi connectivity index (χ0n) is 8.20. The maximum atomic E-state index is 9.71. The summed E-state index contributed by atoms with van der Waals surface area (Å²) in [5.41, 5.74) is 2.38. The Morgan fingerprint density at radius 1 is 1.50 bits per heavy atom. The lowest BCUT2D eigenvalue weighted by Gasteiger charge is -2.10. The molecule has 0 amide bonds. The van der Waals surface area contributed by atoms with Crippen LogP contribution in [0.15, 0.2) is 36.4 Å². The Kier molecular flexibility index (Phi) is 3.44. The number of aliphatic hydroxyl groups excluding tert-OH is 1. The Morgan fingerprint density at radius 3 is 2.50 bits per heavy atom. The molecule has 0 bridgehead atoms. The molecule has 1 unspecified atom stereocenters. The molecule has 0 saturated heterocycles. The zero-order valence-corrected chi connectivity index (χ0v) is 8.20. The summed E-state index contributed by atoms with van der Waals surface area (Å²) in [6, 6.07) is 8.99. The summed E-state index contributed by atoms with van der Waals surface area (Å²) in [5.74, 6) is 0. The Bertz CT molecular complexity index is 359. The molecule has 0 saturated carbocycles. The lowest BCUT2D eigenvalue weighted by molar-refractivity contribution is 0.178. The van der Waals surface area contributed by atoms with E-state index in [2.05, 4.69) is 6.58 Å². The topological polar surface area (TPSA) is 44.0 Å². The highest BCUT2D eigenvalue weighted by Gasteiger charge is 2.06. The van der Waals surface area contributed by atoms with Crippen LogP contribution in [0.3, 0.4) is 0 Å². The molecule has 0 spiro atoms. The normalized spacial score (nSPS) is 11.8. The summed E-state index contributed by atoms with van der Waals surface area (Å²) >= 11 is 0. The van der Waals surface area contributed by atoms with Crippen molar-refractivity contribution in [1.29, 1.82) is 5.26 Å². The van der Waals surface area contributed by atoms with E-state index in [9.17, 15) is 5.11 Å². The molecule has 1 N–H and O–H groups in total. The second kappa shape index (κ2) is 4.59. The van der Waals surface area contributed by atoms with E-state index >= 15 is 0 Å². The summed E-state index contributed by atoms with van der Waals surface area (Å²) in [7, 11) is 0. The first-order chi connectivity index (χ1) is 6.63. The molecule has 0 heterocycles. The van der Waals surface area contributed by atoms with Crippen LogP contribution in [0.4, 0.5) is 0 Å². The van der Waals surface area contributed by atoms with Crippen molar-refractivity contribution in [2.24, 2.45) is 0 Å². The number of hydrogen-bond donors (Lipinski definition) is 1. The molecule has 1 aromatic rings. The van der Waals surface area contributed by atoms with Crippen LogP contribution < -0.4 is 0 Å². The molecular formula is C12H13NO. The molecule has 0 aliphatic carbocycles. The summed E-state index contributed by atoms with van der Waals surface area (Å²) < 4.78 is 0. The number of nitrogens with zero attached hydrogens (tertiary/aromatic N) is 1. The fraction of sp³-hybridized carbons (Fsp3) is 0.250. The van der Waals surface area contributed by atoms with E-state index in [-0.39, 0.29) is 0 Å². The number of hydrogen-bond acceptors (Lipinski definition) is 2. The predicted molar refractivity (Wildman–Crippen MR) is 55.5 cm³/mol. The Morgan fingerprint density at radius 2 is 2.07 bits per heavy atom. The Hall–Kier alpha value is -1.59. The van der Waals surface area contributed by atoms with E-state index < -0.39 is 6.10 Å². The number of aliphatic hydroxyl groups is 1. The van der Waals surface area contributed by atoms with Crippen LogP contribution in [-0.4, -0.2) is 5.11 Å². The SMILES string of the molecule is C=C(C)CC(O)c1ccc(C#N)cc1. The van der Waals surface area contributed by atoms with Gasteiger partial charge in [0.05, 0.1) is 17.7 Å². The van der Waals surface area contributed by atoms with Crippen LogP contribution in [0.1, 0.15) is 30.6 Å². The van der Waals surface area contributed by atoms with E-state index in [4.69, 9.17) is 5.26 Å². The van der Waals surface area contributed by atoms with E-state index in [1.165, 1.54) is 0 Å². The van der Waals surface area contributed by atoms with Gasteiger partial charge in [-0.2, -0.15) is 5.26 Å². The third-order valence-electron chi connectivity index (χ3n) is 1.97. The minimum Gasteiger partial charge on any atom is -0.388 e. The van der Waals surface area contributed by atoms with Crippen LogP contribution in [0.5, 0.6) is 0 Å². The van der Waals surface area contributed by atoms with Gasteiger partial charge < -0.3 is 5.11 Å². The molecule has 0 radical (unpaired) electrons. The molecule has 0 aromatic heterocycles. The lowest BCUT2D eigenvalue weighted by atomic mass is 10.0. The van der Waals surface area contributed by atoms with Gasteiger partial charge in [0.1, 0.15) is 0 Å². The largest absolute Gasteiger partial charge is 0.388 e. The van der Waals surface area contributed by atoms with Gasteiger partial charge in [-0.1, -0.05) is 17.7 Å². The maximum absolute atomic E-state index is 9.71. The van der Waals surface area contributed by atoms with Crippen molar-refractivity contribution in [3.8, 4) is 6.07 Å². The van der Waals surface area contributed by atoms with Crippen molar-refractivity contribution in [2.75, 3.05) is 0 Å². The minimum absolute atomic E-state index is 0.514. The number of rotatable bonds is 3. The lowest BCUT2D eigenvalue weighted by Crippen LogP contribution is -1.97. The van der Waals surface area contributed by atoms with E-state index in [1.807, 2.05) is 13.0 Å². The highest BCUT2D eigenvalue weighted by Crippen LogP contribution is 2.19. The van der Waals surface area contributed by atoms with E-state index in [0.29, 0.717) is 12.0 Å². The fourth-order valence-corrected chi connectivity index (χ4v) is 1.23. The van der Waals surface area contributed by atoms with Gasteiger partial charge in [-0.15, -0.1) is 6.58 Å². The summed E-state index contributed by atoms with van der Waals surface area (Å²) in [5, 5.41) is 18.3. The number of benzene rings is 1.